The first-order valence-corrected chi connectivity index (χ1v) is 16.7. The van der Waals surface area contributed by atoms with Gasteiger partial charge in [0.2, 0.25) is 11.5 Å². The number of likely N-dealkylation sites (tertiary alicyclic amines) is 1. The summed E-state index contributed by atoms with van der Waals surface area (Å²) in [5, 5.41) is 25.9. The third-order valence-electron chi connectivity index (χ3n) is 8.69. The van der Waals surface area contributed by atoms with Crippen LogP contribution in [-0.4, -0.2) is 99.2 Å². The van der Waals surface area contributed by atoms with Crippen molar-refractivity contribution in [3.63, 3.8) is 0 Å². The zero-order chi connectivity index (χ0) is 30.0. The number of aliphatic hydroxyl groups excluding tert-OH is 1. The van der Waals surface area contributed by atoms with E-state index in [0.29, 0.717) is 49.3 Å². The summed E-state index contributed by atoms with van der Waals surface area (Å²) >= 11 is 3.46. The number of amides is 1. The first-order valence-electron chi connectivity index (χ1n) is 14.9. The summed E-state index contributed by atoms with van der Waals surface area (Å²) in [5.41, 5.74) is 0.461. The number of nitrogens with one attached hydrogen (secondary N) is 2. The van der Waals surface area contributed by atoms with E-state index in [0.717, 1.165) is 49.7 Å². The van der Waals surface area contributed by atoms with Gasteiger partial charge in [-0.2, -0.15) is 0 Å². The molecular weight excluding hydrogens is 587 g/mol. The molecule has 4 N–H and O–H groups in total. The van der Waals surface area contributed by atoms with E-state index in [9.17, 15) is 19.8 Å². The molecule has 2 aromatic heterocycles. The van der Waals surface area contributed by atoms with Gasteiger partial charge in [-0.25, -0.2) is 0 Å². The van der Waals surface area contributed by atoms with Gasteiger partial charge in [-0.3, -0.25) is 14.6 Å². The highest BCUT2D eigenvalue weighted by Gasteiger charge is 2.42. The van der Waals surface area contributed by atoms with Gasteiger partial charge in [0.05, 0.1) is 28.9 Å². The monoisotopic (exact) mass is 625 g/mol. The SMILES string of the molecule is CC1=NC(C(=O)N2CCOC3(CCN(CCc4ccc(CNC[C@H](O)c5ccc(O)c6[nH]c(=O)ccc56)s4)CC3)C2)CS1. The van der Waals surface area contributed by atoms with Crippen LogP contribution in [-0.2, 0) is 22.5 Å². The molecule has 1 unspecified atom stereocenters. The number of hydrogen-bond donors (Lipinski definition) is 4. The van der Waals surface area contributed by atoms with Crippen molar-refractivity contribution in [2.24, 2.45) is 4.99 Å². The minimum Gasteiger partial charge on any atom is -0.506 e. The highest BCUT2D eigenvalue weighted by Crippen LogP contribution is 2.32. The van der Waals surface area contributed by atoms with Crippen LogP contribution in [0.3, 0.4) is 0 Å². The van der Waals surface area contributed by atoms with Gasteiger partial charge in [0.1, 0.15) is 11.8 Å². The van der Waals surface area contributed by atoms with Crippen molar-refractivity contribution in [2.75, 3.05) is 51.6 Å². The molecule has 10 nitrogen and oxygen atoms in total. The van der Waals surface area contributed by atoms with E-state index in [1.807, 2.05) is 11.8 Å². The molecule has 2 saturated heterocycles. The number of thiophene rings is 1. The standard InChI is InChI=1S/C31H39N5O5S2/c1-20-33-25(18-42-20)30(40)36-14-15-41-31(19-36)9-12-35(13-10-31)11-8-21-2-3-22(43-21)16-32-17-27(38)23-4-6-26(37)29-24(23)5-7-28(39)34-29/h2-7,25,27,32,37-38H,8-19H2,1H3,(H,34,39)/t25?,27-/m0/s1. The van der Waals surface area contributed by atoms with Gasteiger partial charge in [0.25, 0.3) is 0 Å². The molecule has 0 aliphatic carbocycles. The minimum absolute atomic E-state index is 0.0169. The van der Waals surface area contributed by atoms with E-state index >= 15 is 0 Å². The van der Waals surface area contributed by atoms with Crippen molar-refractivity contribution < 1.29 is 19.7 Å². The molecule has 5 heterocycles. The number of benzene rings is 1. The predicted octanol–water partition coefficient (Wildman–Crippen LogP) is 2.89. The Balaban J connectivity index is 0.941. The van der Waals surface area contributed by atoms with Crippen molar-refractivity contribution >= 4 is 45.0 Å². The number of piperidine rings is 1. The number of phenols is 1. The second-order valence-corrected chi connectivity index (χ2v) is 14.1. The molecule has 0 saturated carbocycles. The Hall–Kier alpha value is -2.74. The van der Waals surface area contributed by atoms with Gasteiger partial charge in [-0.05, 0) is 56.0 Å². The maximum absolute atomic E-state index is 13.0. The first-order chi connectivity index (χ1) is 20.8. The zero-order valence-electron chi connectivity index (χ0n) is 24.4. The number of H-pyrrole nitrogens is 1. The number of thioether (sulfide) groups is 1. The number of carbonyl (C=O) groups is 1. The summed E-state index contributed by atoms with van der Waals surface area (Å²) in [6, 6.07) is 10.3. The highest BCUT2D eigenvalue weighted by molar-refractivity contribution is 8.14. The summed E-state index contributed by atoms with van der Waals surface area (Å²) in [6.45, 7) is 7.84. The van der Waals surface area contributed by atoms with Crippen LogP contribution in [0.2, 0.25) is 0 Å². The minimum atomic E-state index is -0.784. The third kappa shape index (κ3) is 7.00. The fourth-order valence-corrected chi connectivity index (χ4v) is 8.06. The number of ether oxygens (including phenoxy) is 1. The number of aromatic nitrogens is 1. The lowest BCUT2D eigenvalue weighted by Crippen LogP contribution is -2.59. The second kappa shape index (κ2) is 13.1. The highest BCUT2D eigenvalue weighted by atomic mass is 32.2. The Labute approximate surface area is 259 Å². The lowest BCUT2D eigenvalue weighted by molar-refractivity contribution is -0.160. The number of nitrogens with zero attached hydrogens (tertiary/aromatic N) is 3. The van der Waals surface area contributed by atoms with Crippen LogP contribution in [0.5, 0.6) is 5.75 Å². The van der Waals surface area contributed by atoms with Crippen molar-refractivity contribution in [3.8, 4) is 5.75 Å². The Morgan fingerprint density at radius 2 is 2.00 bits per heavy atom. The van der Waals surface area contributed by atoms with Crippen LogP contribution in [0.4, 0.5) is 0 Å². The second-order valence-electron chi connectivity index (χ2n) is 11.7. The molecule has 1 aromatic carbocycles. The summed E-state index contributed by atoms with van der Waals surface area (Å²) in [4.78, 5) is 38.9. The summed E-state index contributed by atoms with van der Waals surface area (Å²) in [7, 11) is 0. The predicted molar refractivity (Wildman–Crippen MR) is 171 cm³/mol. The number of carbonyl (C=O) groups excluding carboxylic acids is 1. The largest absolute Gasteiger partial charge is 0.506 e. The van der Waals surface area contributed by atoms with Gasteiger partial charge in [0, 0.05) is 72.8 Å². The Morgan fingerprint density at radius 1 is 1.19 bits per heavy atom. The van der Waals surface area contributed by atoms with E-state index in [1.165, 1.54) is 21.9 Å². The Morgan fingerprint density at radius 3 is 2.79 bits per heavy atom. The molecule has 3 aliphatic rings. The quantitative estimate of drug-likeness (QED) is 0.286. The van der Waals surface area contributed by atoms with E-state index in [4.69, 9.17) is 4.74 Å². The summed E-state index contributed by atoms with van der Waals surface area (Å²) < 4.78 is 6.29. The number of aliphatic hydroxyl groups is 1. The van der Waals surface area contributed by atoms with Crippen LogP contribution in [0.1, 0.15) is 41.2 Å². The molecule has 2 fully saturated rings. The van der Waals surface area contributed by atoms with Gasteiger partial charge in [-0.1, -0.05) is 6.07 Å². The molecule has 1 amide bonds. The molecule has 1 spiro atoms. The Kier molecular flexibility index (Phi) is 9.22. The molecule has 230 valence electrons. The third-order valence-corrected chi connectivity index (χ3v) is 10.8. The van der Waals surface area contributed by atoms with Gasteiger partial charge >= 0.3 is 0 Å². The van der Waals surface area contributed by atoms with Crippen LogP contribution < -0.4 is 10.9 Å². The number of hydrogen-bond acceptors (Lipinski definition) is 10. The molecule has 2 atom stereocenters. The summed E-state index contributed by atoms with van der Waals surface area (Å²) in [6.07, 6.45) is 2.08. The number of pyridine rings is 1. The van der Waals surface area contributed by atoms with Gasteiger partial charge in [-0.15, -0.1) is 23.1 Å². The molecule has 0 radical (unpaired) electrons. The molecule has 0 bridgehead atoms. The number of aliphatic imine (C=N–C) groups is 1. The first kappa shape index (κ1) is 30.3. The van der Waals surface area contributed by atoms with E-state index < -0.39 is 6.10 Å². The van der Waals surface area contributed by atoms with Crippen LogP contribution in [0.15, 0.2) is 46.2 Å². The molecule has 3 aromatic rings. The number of morpholine rings is 1. The number of aromatic hydroxyl groups is 1. The average Bonchev–Trinajstić information content (AvgIpc) is 3.66. The fourth-order valence-electron chi connectivity index (χ4n) is 6.26. The topological polar surface area (TPSA) is 130 Å². The molecular formula is C31H39N5O5S2. The normalized spacial score (nSPS) is 21.4. The van der Waals surface area contributed by atoms with Crippen LogP contribution in [0, 0.1) is 0 Å². The smallest absolute Gasteiger partial charge is 0.248 e. The molecule has 12 heteroatoms. The van der Waals surface area contributed by atoms with Crippen molar-refractivity contribution in [1.82, 2.24) is 20.1 Å². The zero-order valence-corrected chi connectivity index (χ0v) is 26.0. The molecule has 6 rings (SSSR count). The van der Waals surface area contributed by atoms with E-state index in [2.05, 4.69) is 32.3 Å². The lowest BCUT2D eigenvalue weighted by Gasteiger charge is -2.47. The van der Waals surface area contributed by atoms with Crippen molar-refractivity contribution in [2.45, 2.75) is 50.5 Å². The van der Waals surface area contributed by atoms with Gasteiger partial charge < -0.3 is 35.1 Å². The summed E-state index contributed by atoms with van der Waals surface area (Å²) in [5.74, 6) is 0.891. The Bertz CT molecular complexity index is 1550. The number of fused-ring (bicyclic) bond motifs is 1. The molecule has 43 heavy (non-hydrogen) atoms. The fraction of sp³-hybridized carbons (Fsp3) is 0.516. The maximum Gasteiger partial charge on any atom is 0.248 e. The molecule has 3 aliphatic heterocycles. The van der Waals surface area contributed by atoms with Crippen molar-refractivity contribution in [3.05, 3.63) is 62.1 Å². The number of aromatic amines is 1. The van der Waals surface area contributed by atoms with Crippen molar-refractivity contribution in [1.29, 1.82) is 0 Å². The average molecular weight is 626 g/mol. The number of phenolic OH excluding ortho intramolecular Hbond substituents is 1. The maximum atomic E-state index is 13.0. The van der Waals surface area contributed by atoms with Crippen LogP contribution in [0.25, 0.3) is 10.9 Å². The lowest BCUT2D eigenvalue weighted by atomic mass is 9.89. The van der Waals surface area contributed by atoms with Gasteiger partial charge in [0.15, 0.2) is 0 Å². The van der Waals surface area contributed by atoms with E-state index in [-0.39, 0.29) is 28.9 Å². The number of rotatable bonds is 9. The van der Waals surface area contributed by atoms with E-state index in [1.54, 1.807) is 35.2 Å². The van der Waals surface area contributed by atoms with Crippen LogP contribution >= 0.6 is 23.1 Å².